The third kappa shape index (κ3) is 1.24. The van der Waals surface area contributed by atoms with Gasteiger partial charge in [0.05, 0.1) is 4.70 Å². The van der Waals surface area contributed by atoms with Gasteiger partial charge in [0.15, 0.2) is 4.47 Å². The molecule has 0 N–H and O–H groups in total. The highest BCUT2D eigenvalue weighted by atomic mass is 79.9. The van der Waals surface area contributed by atoms with E-state index in [1.54, 1.807) is 6.07 Å². The molecule has 0 bridgehead atoms. The maximum atomic E-state index is 13.1. The second-order valence-electron chi connectivity index (χ2n) is 2.17. The Balaban J connectivity index is 2.93. The van der Waals surface area contributed by atoms with Crippen LogP contribution in [0.25, 0.3) is 10.2 Å². The first kappa shape index (κ1) is 8.41. The van der Waals surface area contributed by atoms with Crippen LogP contribution in [0.1, 0.15) is 0 Å². The van der Waals surface area contributed by atoms with Gasteiger partial charge >= 0.3 is 0 Å². The zero-order valence-electron chi connectivity index (χ0n) is 5.64. The number of hydrogen-bond donors (Lipinski definition) is 0. The van der Waals surface area contributed by atoms with E-state index in [1.165, 1.54) is 6.07 Å². The third-order valence-corrected chi connectivity index (χ3v) is 3.23. The molecule has 0 atom stereocenters. The van der Waals surface area contributed by atoms with Gasteiger partial charge in [-0.3, -0.25) is 0 Å². The molecule has 62 valence electrons. The highest BCUT2D eigenvalue weighted by Crippen LogP contribution is 2.32. The second-order valence-corrected chi connectivity index (χ2v) is 4.61. The first-order chi connectivity index (χ1) is 5.68. The van der Waals surface area contributed by atoms with Crippen LogP contribution in [-0.4, -0.2) is 4.98 Å². The maximum absolute atomic E-state index is 13.1. The van der Waals surface area contributed by atoms with Crippen molar-refractivity contribution in [3.8, 4) is 0 Å². The van der Waals surface area contributed by atoms with Crippen molar-refractivity contribution in [3.63, 3.8) is 0 Å². The fraction of sp³-hybridized carbons (Fsp3) is 0. The Labute approximate surface area is 85.3 Å². The molecule has 0 unspecified atom stereocenters. The summed E-state index contributed by atoms with van der Waals surface area (Å²) in [6.45, 7) is 0. The Hall–Kier alpha value is -0.190. The monoisotopic (exact) mass is 265 g/mol. The summed E-state index contributed by atoms with van der Waals surface area (Å²) in [7, 11) is 0. The molecule has 2 aromatic rings. The van der Waals surface area contributed by atoms with E-state index in [0.29, 0.717) is 14.7 Å². The van der Waals surface area contributed by atoms with Crippen LogP contribution < -0.4 is 0 Å². The van der Waals surface area contributed by atoms with E-state index in [-0.39, 0.29) is 5.82 Å². The lowest BCUT2D eigenvalue weighted by Gasteiger charge is -1.91. The van der Waals surface area contributed by atoms with Gasteiger partial charge in [0.1, 0.15) is 11.3 Å². The van der Waals surface area contributed by atoms with Crippen LogP contribution in [0.3, 0.4) is 0 Å². The van der Waals surface area contributed by atoms with Crippen molar-refractivity contribution in [3.05, 3.63) is 26.9 Å². The van der Waals surface area contributed by atoms with Crippen molar-refractivity contribution in [2.24, 2.45) is 0 Å². The summed E-state index contributed by atoms with van der Waals surface area (Å²) in [4.78, 5) is 3.97. The summed E-state index contributed by atoms with van der Waals surface area (Å²) in [6.07, 6.45) is 0. The van der Waals surface area contributed by atoms with Crippen molar-refractivity contribution in [2.45, 2.75) is 0 Å². The Morgan fingerprint density at radius 1 is 1.50 bits per heavy atom. The molecule has 0 aliphatic rings. The molecule has 1 aromatic heterocycles. The molecule has 0 fully saturated rings. The van der Waals surface area contributed by atoms with Crippen LogP contribution in [0.2, 0.25) is 4.47 Å². The molecule has 12 heavy (non-hydrogen) atoms. The van der Waals surface area contributed by atoms with Crippen LogP contribution in [0, 0.1) is 5.82 Å². The van der Waals surface area contributed by atoms with Crippen molar-refractivity contribution in [2.75, 3.05) is 0 Å². The maximum Gasteiger partial charge on any atom is 0.184 e. The van der Waals surface area contributed by atoms with Crippen LogP contribution in [0.15, 0.2) is 16.6 Å². The standard InChI is InChI=1S/C7H2BrClFNS/c8-3-1-2-4(10)6-5(3)11-7(9)12-6/h1-2H. The number of fused-ring (bicyclic) bond motifs is 1. The lowest BCUT2D eigenvalue weighted by Crippen LogP contribution is -1.75. The predicted molar refractivity (Wildman–Crippen MR) is 52.3 cm³/mol. The largest absolute Gasteiger partial charge is 0.224 e. The van der Waals surface area contributed by atoms with E-state index in [2.05, 4.69) is 20.9 Å². The highest BCUT2D eigenvalue weighted by molar-refractivity contribution is 9.10. The quantitative estimate of drug-likeness (QED) is 0.706. The summed E-state index contributed by atoms with van der Waals surface area (Å²) < 4.78 is 14.7. The second kappa shape index (κ2) is 2.94. The van der Waals surface area contributed by atoms with E-state index in [1.807, 2.05) is 0 Å². The van der Waals surface area contributed by atoms with E-state index in [0.717, 1.165) is 15.8 Å². The van der Waals surface area contributed by atoms with Gasteiger partial charge in [0, 0.05) is 4.47 Å². The zero-order chi connectivity index (χ0) is 8.72. The number of nitrogens with zero attached hydrogens (tertiary/aromatic N) is 1. The van der Waals surface area contributed by atoms with Gasteiger partial charge in [-0.2, -0.15) is 0 Å². The van der Waals surface area contributed by atoms with Gasteiger partial charge in [-0.15, -0.1) is 0 Å². The third-order valence-electron chi connectivity index (χ3n) is 1.42. The number of thiazole rings is 1. The molecule has 1 heterocycles. The number of benzene rings is 1. The van der Waals surface area contributed by atoms with Gasteiger partial charge in [0.25, 0.3) is 0 Å². The molecule has 1 nitrogen and oxygen atoms in total. The molecule has 0 saturated heterocycles. The van der Waals surface area contributed by atoms with E-state index < -0.39 is 0 Å². The summed E-state index contributed by atoms with van der Waals surface area (Å²) in [5.41, 5.74) is 0.588. The average Bonchev–Trinajstić information content (AvgIpc) is 2.41. The smallest absolute Gasteiger partial charge is 0.184 e. The molecule has 0 saturated carbocycles. The minimum Gasteiger partial charge on any atom is -0.224 e. The highest BCUT2D eigenvalue weighted by Gasteiger charge is 2.09. The number of halogens is 3. The van der Waals surface area contributed by atoms with Gasteiger partial charge in [-0.1, -0.05) is 22.9 Å². The van der Waals surface area contributed by atoms with Crippen LogP contribution in [0.4, 0.5) is 4.39 Å². The minimum absolute atomic E-state index is 0.280. The molecule has 1 aromatic carbocycles. The lowest BCUT2D eigenvalue weighted by atomic mass is 10.3. The summed E-state index contributed by atoms with van der Waals surface area (Å²) in [6, 6.07) is 3.01. The Morgan fingerprint density at radius 2 is 2.25 bits per heavy atom. The molecule has 0 spiro atoms. The van der Waals surface area contributed by atoms with Crippen LogP contribution >= 0.6 is 38.9 Å². The molecule has 0 radical (unpaired) electrons. The van der Waals surface area contributed by atoms with Crippen LogP contribution in [0.5, 0.6) is 0 Å². The van der Waals surface area contributed by atoms with E-state index in [9.17, 15) is 4.39 Å². The Kier molecular flexibility index (Phi) is 2.06. The SMILES string of the molecule is Fc1ccc(Br)c2nc(Cl)sc12. The van der Waals surface area contributed by atoms with Crippen LogP contribution in [-0.2, 0) is 0 Å². The van der Waals surface area contributed by atoms with Gasteiger partial charge in [-0.25, -0.2) is 9.37 Å². The van der Waals surface area contributed by atoms with Crippen molar-refractivity contribution in [1.82, 2.24) is 4.98 Å². The average molecular weight is 267 g/mol. The molecule has 2 rings (SSSR count). The van der Waals surface area contributed by atoms with Gasteiger partial charge < -0.3 is 0 Å². The summed E-state index contributed by atoms with van der Waals surface area (Å²) in [5.74, 6) is -0.280. The normalized spacial score (nSPS) is 10.9. The molecule has 5 heteroatoms. The zero-order valence-corrected chi connectivity index (χ0v) is 8.80. The number of hydrogen-bond acceptors (Lipinski definition) is 2. The fourth-order valence-electron chi connectivity index (χ4n) is 0.919. The Morgan fingerprint density at radius 3 is 2.92 bits per heavy atom. The van der Waals surface area contributed by atoms with Crippen molar-refractivity contribution >= 4 is 49.1 Å². The lowest BCUT2D eigenvalue weighted by molar-refractivity contribution is 0.641. The first-order valence-corrected chi connectivity index (χ1v) is 5.07. The summed E-state index contributed by atoms with van der Waals surface area (Å²) in [5, 5.41) is 0. The Bertz CT molecular complexity index is 403. The molecule has 0 amide bonds. The van der Waals surface area contributed by atoms with E-state index >= 15 is 0 Å². The number of rotatable bonds is 0. The molecule has 0 aliphatic heterocycles. The molecular formula is C7H2BrClFNS. The first-order valence-electron chi connectivity index (χ1n) is 3.08. The number of aromatic nitrogens is 1. The molecule has 0 aliphatic carbocycles. The van der Waals surface area contributed by atoms with Crippen molar-refractivity contribution in [1.29, 1.82) is 0 Å². The van der Waals surface area contributed by atoms with Gasteiger partial charge in [-0.05, 0) is 28.1 Å². The van der Waals surface area contributed by atoms with E-state index in [4.69, 9.17) is 11.6 Å². The van der Waals surface area contributed by atoms with Gasteiger partial charge in [0.2, 0.25) is 0 Å². The topological polar surface area (TPSA) is 12.9 Å². The predicted octanol–water partition coefficient (Wildman–Crippen LogP) is 3.85. The molecular weight excluding hydrogens is 265 g/mol. The van der Waals surface area contributed by atoms with Crippen molar-refractivity contribution < 1.29 is 4.39 Å². The summed E-state index contributed by atoms with van der Waals surface area (Å²) >= 11 is 10.1. The minimum atomic E-state index is -0.280. The fourth-order valence-corrected chi connectivity index (χ4v) is 2.51.